The second kappa shape index (κ2) is 6.57. The number of nitrogens with one attached hydrogen (secondary N) is 1. The van der Waals surface area contributed by atoms with Gasteiger partial charge in [-0.15, -0.1) is 0 Å². The van der Waals surface area contributed by atoms with Crippen LogP contribution in [0.15, 0.2) is 24.3 Å². The Kier molecular flexibility index (Phi) is 4.80. The molecule has 1 fully saturated rings. The smallest absolute Gasteiger partial charge is 0.255 e. The minimum Gasteiger partial charge on any atom is -0.493 e. The number of para-hydroxylation sites is 1. The van der Waals surface area contributed by atoms with Crippen LogP contribution in [-0.2, 0) is 0 Å². The van der Waals surface area contributed by atoms with Crippen LogP contribution in [0.3, 0.4) is 0 Å². The van der Waals surface area contributed by atoms with Gasteiger partial charge >= 0.3 is 0 Å². The van der Waals surface area contributed by atoms with Crippen LogP contribution in [0.4, 0.5) is 0 Å². The quantitative estimate of drug-likeness (QED) is 0.873. The van der Waals surface area contributed by atoms with Crippen LogP contribution >= 0.6 is 0 Å². The maximum absolute atomic E-state index is 12.3. The molecule has 2 unspecified atom stereocenters. The van der Waals surface area contributed by atoms with Gasteiger partial charge in [0.25, 0.3) is 5.91 Å². The van der Waals surface area contributed by atoms with E-state index in [1.165, 1.54) is 0 Å². The molecule has 2 atom stereocenters. The standard InChI is InChI=1S/C15H22N2O2/c1-2-19-14-10-6-3-7-11(14)15(18)17-13-9-5-4-8-12(13)16/h3,6-7,10,12-13H,2,4-5,8-9,16H2,1H3,(H,17,18). The number of ether oxygens (including phenoxy) is 1. The molecule has 0 radical (unpaired) electrons. The summed E-state index contributed by atoms with van der Waals surface area (Å²) in [6.45, 7) is 2.46. The molecule has 104 valence electrons. The van der Waals surface area contributed by atoms with Crippen molar-refractivity contribution in [3.05, 3.63) is 29.8 Å². The van der Waals surface area contributed by atoms with E-state index < -0.39 is 0 Å². The number of amides is 1. The van der Waals surface area contributed by atoms with E-state index in [1.54, 1.807) is 6.07 Å². The van der Waals surface area contributed by atoms with Crippen LogP contribution in [0.5, 0.6) is 5.75 Å². The minimum atomic E-state index is -0.0913. The summed E-state index contributed by atoms with van der Waals surface area (Å²) in [5.74, 6) is 0.540. The molecule has 0 spiro atoms. The first-order chi connectivity index (χ1) is 9.22. The van der Waals surface area contributed by atoms with Gasteiger partial charge in [-0.3, -0.25) is 4.79 Å². The normalized spacial score (nSPS) is 22.8. The van der Waals surface area contributed by atoms with Gasteiger partial charge in [0.15, 0.2) is 0 Å². The van der Waals surface area contributed by atoms with Crippen LogP contribution in [0.25, 0.3) is 0 Å². The summed E-state index contributed by atoms with van der Waals surface area (Å²) in [5.41, 5.74) is 6.64. The van der Waals surface area contributed by atoms with E-state index in [2.05, 4.69) is 5.32 Å². The van der Waals surface area contributed by atoms with Gasteiger partial charge in [-0.05, 0) is 31.9 Å². The molecule has 1 aromatic carbocycles. The lowest BCUT2D eigenvalue weighted by Crippen LogP contribution is -2.49. The Hall–Kier alpha value is -1.55. The average Bonchev–Trinajstić information content (AvgIpc) is 2.42. The number of nitrogens with two attached hydrogens (primary N) is 1. The fourth-order valence-corrected chi connectivity index (χ4v) is 2.52. The maximum atomic E-state index is 12.3. The highest BCUT2D eigenvalue weighted by atomic mass is 16.5. The van der Waals surface area contributed by atoms with Gasteiger partial charge in [-0.2, -0.15) is 0 Å². The summed E-state index contributed by atoms with van der Waals surface area (Å²) in [7, 11) is 0. The van der Waals surface area contributed by atoms with Crippen molar-refractivity contribution in [2.75, 3.05) is 6.61 Å². The Balaban J connectivity index is 2.06. The Morgan fingerprint density at radius 1 is 1.37 bits per heavy atom. The van der Waals surface area contributed by atoms with Crippen LogP contribution in [0.2, 0.25) is 0 Å². The summed E-state index contributed by atoms with van der Waals surface area (Å²) >= 11 is 0. The van der Waals surface area contributed by atoms with Gasteiger partial charge in [0.05, 0.1) is 12.2 Å². The van der Waals surface area contributed by atoms with Gasteiger partial charge < -0.3 is 15.8 Å². The Morgan fingerprint density at radius 3 is 2.84 bits per heavy atom. The molecule has 0 aromatic heterocycles. The molecule has 3 N–H and O–H groups in total. The first-order valence-corrected chi connectivity index (χ1v) is 7.00. The van der Waals surface area contributed by atoms with Crippen LogP contribution < -0.4 is 15.8 Å². The van der Waals surface area contributed by atoms with Gasteiger partial charge in [-0.25, -0.2) is 0 Å². The van der Waals surface area contributed by atoms with Crippen LogP contribution in [0.1, 0.15) is 43.0 Å². The molecule has 0 saturated heterocycles. The highest BCUT2D eigenvalue weighted by molar-refractivity contribution is 5.97. The molecular formula is C15H22N2O2. The first-order valence-electron chi connectivity index (χ1n) is 7.00. The van der Waals surface area contributed by atoms with E-state index in [1.807, 2.05) is 25.1 Å². The van der Waals surface area contributed by atoms with Crippen molar-refractivity contribution in [3.63, 3.8) is 0 Å². The van der Waals surface area contributed by atoms with E-state index in [4.69, 9.17) is 10.5 Å². The summed E-state index contributed by atoms with van der Waals surface area (Å²) < 4.78 is 5.48. The van der Waals surface area contributed by atoms with Crippen molar-refractivity contribution in [1.82, 2.24) is 5.32 Å². The number of carbonyl (C=O) groups excluding carboxylic acids is 1. The molecule has 1 amide bonds. The van der Waals surface area contributed by atoms with Gasteiger partial charge in [0.2, 0.25) is 0 Å². The number of hydrogen-bond donors (Lipinski definition) is 2. The highest BCUT2D eigenvalue weighted by Crippen LogP contribution is 2.20. The lowest BCUT2D eigenvalue weighted by Gasteiger charge is -2.29. The molecule has 1 aliphatic carbocycles. The monoisotopic (exact) mass is 262 g/mol. The lowest BCUT2D eigenvalue weighted by atomic mass is 9.91. The van der Waals surface area contributed by atoms with E-state index >= 15 is 0 Å². The minimum absolute atomic E-state index is 0.0666. The van der Waals surface area contributed by atoms with Crippen LogP contribution in [-0.4, -0.2) is 24.6 Å². The zero-order valence-corrected chi connectivity index (χ0v) is 11.4. The molecular weight excluding hydrogens is 240 g/mol. The predicted octanol–water partition coefficient (Wildman–Crippen LogP) is 2.08. The second-order valence-electron chi connectivity index (χ2n) is 4.96. The second-order valence-corrected chi connectivity index (χ2v) is 4.96. The predicted molar refractivity (Wildman–Crippen MR) is 75.3 cm³/mol. The number of hydrogen-bond acceptors (Lipinski definition) is 3. The van der Waals surface area contributed by atoms with Gasteiger partial charge in [0, 0.05) is 12.1 Å². The third-order valence-electron chi connectivity index (χ3n) is 3.57. The molecule has 1 aromatic rings. The molecule has 0 bridgehead atoms. The summed E-state index contributed by atoms with van der Waals surface area (Å²) in [6.07, 6.45) is 4.23. The van der Waals surface area contributed by atoms with Gasteiger partial charge in [0.1, 0.15) is 5.75 Å². The van der Waals surface area contributed by atoms with Crippen molar-refractivity contribution in [3.8, 4) is 5.75 Å². The number of carbonyl (C=O) groups is 1. The van der Waals surface area contributed by atoms with E-state index in [9.17, 15) is 4.79 Å². The number of rotatable bonds is 4. The topological polar surface area (TPSA) is 64.3 Å². The Labute approximate surface area is 114 Å². The van der Waals surface area contributed by atoms with Crippen LogP contribution in [0, 0.1) is 0 Å². The molecule has 0 heterocycles. The van der Waals surface area contributed by atoms with Crippen molar-refractivity contribution in [2.45, 2.75) is 44.7 Å². The van der Waals surface area contributed by atoms with E-state index in [0.717, 1.165) is 25.7 Å². The third kappa shape index (κ3) is 3.47. The van der Waals surface area contributed by atoms with Crippen molar-refractivity contribution in [2.24, 2.45) is 5.73 Å². The molecule has 1 saturated carbocycles. The molecule has 1 aliphatic rings. The zero-order valence-electron chi connectivity index (χ0n) is 11.4. The number of benzene rings is 1. The fourth-order valence-electron chi connectivity index (χ4n) is 2.52. The molecule has 19 heavy (non-hydrogen) atoms. The van der Waals surface area contributed by atoms with Gasteiger partial charge in [-0.1, -0.05) is 25.0 Å². The maximum Gasteiger partial charge on any atom is 0.255 e. The first kappa shape index (κ1) is 13.9. The highest BCUT2D eigenvalue weighted by Gasteiger charge is 2.24. The van der Waals surface area contributed by atoms with Crippen molar-refractivity contribution < 1.29 is 9.53 Å². The lowest BCUT2D eigenvalue weighted by molar-refractivity contribution is 0.0917. The van der Waals surface area contributed by atoms with E-state index in [-0.39, 0.29) is 18.0 Å². The molecule has 2 rings (SSSR count). The summed E-state index contributed by atoms with van der Waals surface area (Å²) in [4.78, 5) is 12.3. The van der Waals surface area contributed by atoms with Crippen molar-refractivity contribution >= 4 is 5.91 Å². The largest absolute Gasteiger partial charge is 0.493 e. The average molecular weight is 262 g/mol. The zero-order chi connectivity index (χ0) is 13.7. The summed E-state index contributed by atoms with van der Waals surface area (Å²) in [5, 5.41) is 3.04. The SMILES string of the molecule is CCOc1ccccc1C(=O)NC1CCCCC1N. The van der Waals surface area contributed by atoms with Crippen molar-refractivity contribution in [1.29, 1.82) is 0 Å². The molecule has 4 nitrogen and oxygen atoms in total. The summed E-state index contributed by atoms with van der Waals surface area (Å²) in [6, 6.07) is 7.47. The molecule has 4 heteroatoms. The third-order valence-corrected chi connectivity index (χ3v) is 3.57. The molecule has 0 aliphatic heterocycles. The van der Waals surface area contributed by atoms with E-state index in [0.29, 0.717) is 17.9 Å². The fraction of sp³-hybridized carbons (Fsp3) is 0.533. The Morgan fingerprint density at radius 2 is 2.11 bits per heavy atom. The Bertz CT molecular complexity index is 434.